The van der Waals surface area contributed by atoms with Crippen LogP contribution >= 0.6 is 23.6 Å². The van der Waals surface area contributed by atoms with Crippen molar-refractivity contribution in [2.75, 3.05) is 17.2 Å². The van der Waals surface area contributed by atoms with Crippen LogP contribution in [-0.4, -0.2) is 17.7 Å². The second-order valence-electron chi connectivity index (χ2n) is 6.62. The van der Waals surface area contributed by atoms with E-state index in [4.69, 9.17) is 17.0 Å². The molecule has 1 aliphatic carbocycles. The molecule has 1 heterocycles. The number of carbonyl (C=O) groups excluding carboxylic acids is 1. The van der Waals surface area contributed by atoms with Crippen LogP contribution in [0, 0.1) is 0 Å². The van der Waals surface area contributed by atoms with E-state index in [1.54, 1.807) is 11.3 Å². The Hall–Kier alpha value is -1.92. The summed E-state index contributed by atoms with van der Waals surface area (Å²) in [4.78, 5) is 13.9. The second-order valence-corrected chi connectivity index (χ2v) is 8.13. The van der Waals surface area contributed by atoms with E-state index >= 15 is 0 Å². The van der Waals surface area contributed by atoms with Crippen LogP contribution in [0.1, 0.15) is 59.5 Å². The van der Waals surface area contributed by atoms with Gasteiger partial charge in [-0.15, -0.1) is 11.3 Å². The zero-order valence-electron chi connectivity index (χ0n) is 15.9. The van der Waals surface area contributed by atoms with Crippen molar-refractivity contribution >= 4 is 45.3 Å². The van der Waals surface area contributed by atoms with Crippen molar-refractivity contribution in [1.82, 2.24) is 0 Å². The van der Waals surface area contributed by atoms with Crippen LogP contribution in [0.4, 0.5) is 10.7 Å². The smallest absolute Gasteiger partial charge is 0.341 e. The van der Waals surface area contributed by atoms with Crippen LogP contribution in [0.15, 0.2) is 24.3 Å². The van der Waals surface area contributed by atoms with E-state index in [2.05, 4.69) is 29.7 Å². The molecule has 0 saturated heterocycles. The molecular weight excluding hydrogens is 376 g/mol. The molecule has 0 spiro atoms. The summed E-state index contributed by atoms with van der Waals surface area (Å²) in [7, 11) is 0. The fraction of sp³-hybridized carbons (Fsp3) is 0.429. The molecule has 0 atom stereocenters. The number of rotatable bonds is 5. The van der Waals surface area contributed by atoms with Crippen LogP contribution < -0.4 is 10.6 Å². The summed E-state index contributed by atoms with van der Waals surface area (Å²) < 4.78 is 5.32. The van der Waals surface area contributed by atoms with E-state index in [9.17, 15) is 4.79 Å². The van der Waals surface area contributed by atoms with Gasteiger partial charge >= 0.3 is 5.97 Å². The molecule has 0 saturated carbocycles. The second kappa shape index (κ2) is 9.33. The Morgan fingerprint density at radius 2 is 1.85 bits per heavy atom. The van der Waals surface area contributed by atoms with Crippen molar-refractivity contribution in [2.45, 2.75) is 52.4 Å². The number of fused-ring (bicyclic) bond motifs is 1. The van der Waals surface area contributed by atoms with Gasteiger partial charge in [-0.3, -0.25) is 0 Å². The summed E-state index contributed by atoms with van der Waals surface area (Å²) in [6.07, 6.45) is 6.45. The van der Waals surface area contributed by atoms with Gasteiger partial charge in [-0.25, -0.2) is 4.79 Å². The number of carbonyl (C=O) groups is 1. The summed E-state index contributed by atoms with van der Waals surface area (Å²) in [5.41, 5.74) is 4.03. The number of hydrogen-bond acceptors (Lipinski definition) is 4. The third-order valence-corrected chi connectivity index (χ3v) is 6.16. The molecule has 1 aromatic heterocycles. The molecule has 0 radical (unpaired) electrons. The van der Waals surface area contributed by atoms with Gasteiger partial charge < -0.3 is 15.4 Å². The van der Waals surface area contributed by atoms with Crippen molar-refractivity contribution in [2.24, 2.45) is 0 Å². The van der Waals surface area contributed by atoms with Gasteiger partial charge in [-0.05, 0) is 74.5 Å². The summed E-state index contributed by atoms with van der Waals surface area (Å²) >= 11 is 7.12. The molecule has 1 aromatic carbocycles. The molecule has 0 amide bonds. The molecule has 4 nitrogen and oxygen atoms in total. The summed E-state index contributed by atoms with van der Waals surface area (Å²) in [5, 5.41) is 7.73. The number of benzene rings is 1. The van der Waals surface area contributed by atoms with E-state index in [0.29, 0.717) is 17.3 Å². The van der Waals surface area contributed by atoms with Crippen molar-refractivity contribution in [3.63, 3.8) is 0 Å². The number of esters is 1. The lowest BCUT2D eigenvalue weighted by Gasteiger charge is -2.12. The minimum atomic E-state index is -0.255. The first-order valence-corrected chi connectivity index (χ1v) is 10.8. The molecule has 0 fully saturated rings. The normalized spacial score (nSPS) is 13.4. The Morgan fingerprint density at radius 3 is 2.56 bits per heavy atom. The molecule has 144 valence electrons. The predicted octanol–water partition coefficient (Wildman–Crippen LogP) is 5.57. The maximum absolute atomic E-state index is 12.6. The van der Waals surface area contributed by atoms with E-state index in [1.165, 1.54) is 23.3 Å². The first kappa shape index (κ1) is 19.8. The van der Waals surface area contributed by atoms with Crippen molar-refractivity contribution in [1.29, 1.82) is 0 Å². The third kappa shape index (κ3) is 4.87. The number of hydrogen-bond donors (Lipinski definition) is 2. The molecule has 6 heteroatoms. The first-order valence-electron chi connectivity index (χ1n) is 9.61. The fourth-order valence-corrected chi connectivity index (χ4v) is 4.91. The van der Waals surface area contributed by atoms with E-state index in [-0.39, 0.29) is 5.97 Å². The van der Waals surface area contributed by atoms with Gasteiger partial charge in [0, 0.05) is 10.6 Å². The minimum absolute atomic E-state index is 0.255. The maximum atomic E-state index is 12.6. The van der Waals surface area contributed by atoms with Gasteiger partial charge in [0.2, 0.25) is 0 Å². The molecule has 0 aliphatic heterocycles. The highest BCUT2D eigenvalue weighted by Crippen LogP contribution is 2.38. The molecule has 0 bridgehead atoms. The highest BCUT2D eigenvalue weighted by atomic mass is 32.1. The molecule has 2 N–H and O–H groups in total. The average Bonchev–Trinajstić information content (AvgIpc) is 2.83. The maximum Gasteiger partial charge on any atom is 0.341 e. The monoisotopic (exact) mass is 402 g/mol. The summed E-state index contributed by atoms with van der Waals surface area (Å²) in [6.45, 7) is 4.34. The molecular formula is C21H26N2O2S2. The lowest BCUT2D eigenvalue weighted by atomic mass is 10.1. The molecule has 1 aliphatic rings. The van der Waals surface area contributed by atoms with Crippen molar-refractivity contribution in [3.05, 3.63) is 45.8 Å². The van der Waals surface area contributed by atoms with Crippen molar-refractivity contribution < 1.29 is 9.53 Å². The Balaban J connectivity index is 1.80. The van der Waals surface area contributed by atoms with Crippen LogP contribution in [0.2, 0.25) is 0 Å². The number of thiocarbonyl (C=S) groups is 1. The van der Waals surface area contributed by atoms with Gasteiger partial charge in [0.1, 0.15) is 5.00 Å². The highest BCUT2D eigenvalue weighted by Gasteiger charge is 2.26. The molecule has 27 heavy (non-hydrogen) atoms. The Labute approximate surface area is 170 Å². The number of aryl methyl sites for hydroxylation is 2. The number of ether oxygens (including phenoxy) is 1. The first-order chi connectivity index (χ1) is 13.1. The average molecular weight is 403 g/mol. The Bertz CT molecular complexity index is 812. The standard InChI is InChI=1S/C21H26N2O2S2/c1-3-14-10-12-15(13-11-14)22-21(26)23-19-18(20(24)25-4-2)16-8-6-5-7-9-17(16)27-19/h10-13H,3-9H2,1-2H3,(H2,22,23,26). The van der Waals surface area contributed by atoms with Gasteiger partial charge in [0.05, 0.1) is 12.2 Å². The summed E-state index contributed by atoms with van der Waals surface area (Å²) in [6, 6.07) is 8.20. The van der Waals surface area contributed by atoms with Crippen molar-refractivity contribution in [3.8, 4) is 0 Å². The quantitative estimate of drug-likeness (QED) is 0.389. The molecule has 0 unspecified atom stereocenters. The SMILES string of the molecule is CCOC(=O)c1c(NC(=S)Nc2ccc(CC)cc2)sc2c1CCCCC2. The van der Waals surface area contributed by atoms with Gasteiger partial charge in [0.15, 0.2) is 5.11 Å². The Kier molecular flexibility index (Phi) is 6.85. The zero-order valence-corrected chi connectivity index (χ0v) is 17.5. The number of anilines is 2. The highest BCUT2D eigenvalue weighted by molar-refractivity contribution is 7.80. The van der Waals surface area contributed by atoms with E-state index in [0.717, 1.165) is 41.9 Å². The molecule has 3 rings (SSSR count). The minimum Gasteiger partial charge on any atom is -0.462 e. The number of nitrogens with one attached hydrogen (secondary N) is 2. The lowest BCUT2D eigenvalue weighted by Crippen LogP contribution is -2.20. The largest absolute Gasteiger partial charge is 0.462 e. The van der Waals surface area contributed by atoms with E-state index < -0.39 is 0 Å². The molecule has 2 aromatic rings. The van der Waals surface area contributed by atoms with Gasteiger partial charge in [0.25, 0.3) is 0 Å². The number of thiophene rings is 1. The summed E-state index contributed by atoms with van der Waals surface area (Å²) in [5.74, 6) is -0.255. The van der Waals surface area contributed by atoms with Crippen LogP contribution in [0.3, 0.4) is 0 Å². The lowest BCUT2D eigenvalue weighted by molar-refractivity contribution is 0.0527. The third-order valence-electron chi connectivity index (χ3n) is 4.75. The predicted molar refractivity (Wildman–Crippen MR) is 117 cm³/mol. The van der Waals surface area contributed by atoms with Crippen LogP contribution in [0.25, 0.3) is 0 Å². The van der Waals surface area contributed by atoms with Gasteiger partial charge in [-0.1, -0.05) is 25.5 Å². The fourth-order valence-electron chi connectivity index (χ4n) is 3.34. The van der Waals surface area contributed by atoms with E-state index in [1.807, 2.05) is 19.1 Å². The Morgan fingerprint density at radius 1 is 1.11 bits per heavy atom. The zero-order chi connectivity index (χ0) is 19.2. The van der Waals surface area contributed by atoms with Crippen LogP contribution in [-0.2, 0) is 24.0 Å². The van der Waals surface area contributed by atoms with Gasteiger partial charge in [-0.2, -0.15) is 0 Å². The topological polar surface area (TPSA) is 50.4 Å². The van der Waals surface area contributed by atoms with Crippen LogP contribution in [0.5, 0.6) is 0 Å².